The van der Waals surface area contributed by atoms with Gasteiger partial charge < -0.3 is 15.4 Å². The maximum atomic E-state index is 13.5. The van der Waals surface area contributed by atoms with E-state index in [4.69, 9.17) is 4.74 Å². The van der Waals surface area contributed by atoms with Gasteiger partial charge in [0.2, 0.25) is 0 Å². The first kappa shape index (κ1) is 17.6. The second-order valence-corrected chi connectivity index (χ2v) is 5.16. The number of rotatable bonds is 7. The summed E-state index contributed by atoms with van der Waals surface area (Å²) in [5.74, 6) is -1.84. The monoisotopic (exact) mass is 336 g/mol. The first-order valence-electron chi connectivity index (χ1n) is 7.42. The molecule has 1 aromatic heterocycles. The Balaban J connectivity index is 1.88. The molecule has 0 aliphatic rings. The molecule has 0 saturated heterocycles. The molecule has 2 rings (SSSR count). The van der Waals surface area contributed by atoms with Gasteiger partial charge in [0.15, 0.2) is 5.82 Å². The van der Waals surface area contributed by atoms with E-state index in [2.05, 4.69) is 20.6 Å². The molecule has 0 spiro atoms. The van der Waals surface area contributed by atoms with E-state index in [0.29, 0.717) is 11.7 Å². The number of benzene rings is 1. The van der Waals surface area contributed by atoms with Gasteiger partial charge in [-0.1, -0.05) is 6.07 Å². The van der Waals surface area contributed by atoms with Crippen molar-refractivity contribution in [1.82, 2.24) is 15.3 Å². The number of amides is 1. The molecule has 0 radical (unpaired) electrons. The van der Waals surface area contributed by atoms with Crippen LogP contribution in [0.2, 0.25) is 0 Å². The van der Waals surface area contributed by atoms with Crippen molar-refractivity contribution >= 4 is 11.7 Å². The van der Waals surface area contributed by atoms with Crippen molar-refractivity contribution in [3.8, 4) is 5.88 Å². The lowest BCUT2D eigenvalue weighted by Gasteiger charge is -2.13. The molecule has 2 aromatic rings. The molecule has 0 aliphatic heterocycles. The summed E-state index contributed by atoms with van der Waals surface area (Å²) in [6.45, 7) is 4.16. The molecule has 0 fully saturated rings. The number of nitrogens with zero attached hydrogens (tertiary/aromatic N) is 2. The molecule has 24 heavy (non-hydrogen) atoms. The first-order valence-corrected chi connectivity index (χ1v) is 7.42. The molecule has 8 heteroatoms. The van der Waals surface area contributed by atoms with Crippen LogP contribution >= 0.6 is 0 Å². The van der Waals surface area contributed by atoms with Crippen LogP contribution in [0.1, 0.15) is 24.2 Å². The van der Waals surface area contributed by atoms with Gasteiger partial charge in [-0.05, 0) is 26.0 Å². The summed E-state index contributed by atoms with van der Waals surface area (Å²) < 4.78 is 32.5. The number of halogens is 2. The van der Waals surface area contributed by atoms with E-state index < -0.39 is 23.1 Å². The maximum Gasteiger partial charge on any atom is 0.257 e. The van der Waals surface area contributed by atoms with Crippen LogP contribution in [-0.4, -0.2) is 35.1 Å². The number of anilines is 1. The lowest BCUT2D eigenvalue weighted by Crippen LogP contribution is -2.30. The average molecular weight is 336 g/mol. The molecule has 0 unspecified atom stereocenters. The topological polar surface area (TPSA) is 76.1 Å². The summed E-state index contributed by atoms with van der Waals surface area (Å²) in [5.41, 5.74) is -0.596. The van der Waals surface area contributed by atoms with Crippen LogP contribution in [0, 0.1) is 11.6 Å². The predicted octanol–water partition coefficient (Wildman–Crippen LogP) is 2.38. The second-order valence-electron chi connectivity index (χ2n) is 5.16. The number of hydrogen-bond acceptors (Lipinski definition) is 5. The summed E-state index contributed by atoms with van der Waals surface area (Å²) >= 11 is 0. The number of hydrogen-bond donors (Lipinski definition) is 2. The summed E-state index contributed by atoms with van der Waals surface area (Å²) in [4.78, 5) is 20.0. The summed E-state index contributed by atoms with van der Waals surface area (Å²) in [6.07, 6.45) is 2.94. The van der Waals surface area contributed by atoms with Gasteiger partial charge in [-0.25, -0.2) is 18.7 Å². The minimum Gasteiger partial charge on any atom is -0.472 e. The van der Waals surface area contributed by atoms with Gasteiger partial charge in [-0.3, -0.25) is 4.79 Å². The average Bonchev–Trinajstić information content (AvgIpc) is 2.52. The smallest absolute Gasteiger partial charge is 0.257 e. The normalized spacial score (nSPS) is 10.5. The van der Waals surface area contributed by atoms with E-state index in [1.807, 2.05) is 13.8 Å². The molecule has 1 aromatic carbocycles. The molecule has 0 saturated carbocycles. The zero-order valence-corrected chi connectivity index (χ0v) is 13.3. The van der Waals surface area contributed by atoms with Crippen LogP contribution in [0.25, 0.3) is 0 Å². The zero-order valence-electron chi connectivity index (χ0n) is 13.3. The molecule has 1 amide bonds. The predicted molar refractivity (Wildman–Crippen MR) is 85.0 cm³/mol. The third-order valence-electron chi connectivity index (χ3n) is 2.90. The van der Waals surface area contributed by atoms with Crippen molar-refractivity contribution in [3.63, 3.8) is 0 Å². The highest BCUT2D eigenvalue weighted by atomic mass is 19.1. The van der Waals surface area contributed by atoms with Gasteiger partial charge in [0.25, 0.3) is 11.8 Å². The lowest BCUT2D eigenvalue weighted by molar-refractivity contribution is 0.0946. The van der Waals surface area contributed by atoms with Crippen molar-refractivity contribution < 1.29 is 18.3 Å². The van der Waals surface area contributed by atoms with E-state index in [9.17, 15) is 13.6 Å². The van der Waals surface area contributed by atoms with Crippen molar-refractivity contribution in [3.05, 3.63) is 47.8 Å². The molecule has 1 heterocycles. The van der Waals surface area contributed by atoms with Crippen LogP contribution in [0.3, 0.4) is 0 Å². The van der Waals surface area contributed by atoms with Gasteiger partial charge in [-0.15, -0.1) is 0 Å². The summed E-state index contributed by atoms with van der Waals surface area (Å²) in [5, 5.41) is 5.39. The Kier molecular flexibility index (Phi) is 6.00. The van der Waals surface area contributed by atoms with Crippen LogP contribution in [-0.2, 0) is 0 Å². The maximum absolute atomic E-state index is 13.5. The lowest BCUT2D eigenvalue weighted by atomic mass is 10.2. The zero-order chi connectivity index (χ0) is 17.5. The first-order chi connectivity index (χ1) is 11.5. The largest absolute Gasteiger partial charge is 0.472 e. The Morgan fingerprint density at radius 3 is 2.50 bits per heavy atom. The van der Waals surface area contributed by atoms with Gasteiger partial charge in [0, 0.05) is 25.5 Å². The molecular formula is C16H18F2N4O2. The quantitative estimate of drug-likeness (QED) is 0.759. The highest BCUT2D eigenvalue weighted by Gasteiger charge is 2.16. The third-order valence-corrected chi connectivity index (χ3v) is 2.90. The van der Waals surface area contributed by atoms with Crippen molar-refractivity contribution in [1.29, 1.82) is 0 Å². The highest BCUT2D eigenvalue weighted by molar-refractivity contribution is 5.94. The molecule has 128 valence electrons. The number of carbonyl (C=O) groups excluding carboxylic acids is 1. The fraction of sp³-hybridized carbons (Fsp3) is 0.312. The summed E-state index contributed by atoms with van der Waals surface area (Å²) in [6, 6.07) is 3.27. The minimum absolute atomic E-state index is 0.0639. The molecule has 2 N–H and O–H groups in total. The summed E-state index contributed by atoms with van der Waals surface area (Å²) in [7, 11) is 0. The standard InChI is InChI=1S/C16H18F2N4O2/c1-10(2)24-16-14(20-7-9-22-16)19-6-8-21-15(23)13-11(17)4-3-5-12(13)18/h3-5,7,9-10H,6,8H2,1-2H3,(H,19,20)(H,21,23). The number of carbonyl (C=O) groups is 1. The number of aromatic nitrogens is 2. The van der Waals surface area contributed by atoms with Crippen LogP contribution in [0.15, 0.2) is 30.6 Å². The van der Waals surface area contributed by atoms with Gasteiger partial charge in [-0.2, -0.15) is 0 Å². The fourth-order valence-corrected chi connectivity index (χ4v) is 1.92. The molecule has 6 nitrogen and oxygen atoms in total. The molecule has 0 atom stereocenters. The Bertz CT molecular complexity index is 690. The van der Waals surface area contributed by atoms with E-state index in [-0.39, 0.29) is 19.2 Å². The molecular weight excluding hydrogens is 318 g/mol. The second kappa shape index (κ2) is 8.19. The fourth-order valence-electron chi connectivity index (χ4n) is 1.92. The number of nitrogens with one attached hydrogen (secondary N) is 2. The van der Waals surface area contributed by atoms with Gasteiger partial charge in [0.1, 0.15) is 17.2 Å². The van der Waals surface area contributed by atoms with Crippen molar-refractivity contribution in [2.75, 3.05) is 18.4 Å². The van der Waals surface area contributed by atoms with Crippen molar-refractivity contribution in [2.24, 2.45) is 0 Å². The molecule has 0 aliphatic carbocycles. The Morgan fingerprint density at radius 1 is 1.17 bits per heavy atom. The molecule has 0 bridgehead atoms. The van der Waals surface area contributed by atoms with Crippen LogP contribution in [0.4, 0.5) is 14.6 Å². The van der Waals surface area contributed by atoms with E-state index >= 15 is 0 Å². The van der Waals surface area contributed by atoms with Crippen LogP contribution < -0.4 is 15.4 Å². The van der Waals surface area contributed by atoms with Crippen molar-refractivity contribution in [2.45, 2.75) is 20.0 Å². The van der Waals surface area contributed by atoms with Gasteiger partial charge in [0.05, 0.1) is 6.10 Å². The Morgan fingerprint density at radius 2 is 1.83 bits per heavy atom. The van der Waals surface area contributed by atoms with Gasteiger partial charge >= 0.3 is 0 Å². The van der Waals surface area contributed by atoms with E-state index in [1.165, 1.54) is 18.5 Å². The minimum atomic E-state index is -0.901. The van der Waals surface area contributed by atoms with Crippen LogP contribution in [0.5, 0.6) is 5.88 Å². The third kappa shape index (κ3) is 4.61. The Hall–Kier alpha value is -2.77. The Labute approximate surface area is 138 Å². The van der Waals surface area contributed by atoms with E-state index in [1.54, 1.807) is 0 Å². The van der Waals surface area contributed by atoms with E-state index in [0.717, 1.165) is 12.1 Å². The SMILES string of the molecule is CC(C)Oc1nccnc1NCCNC(=O)c1c(F)cccc1F. The highest BCUT2D eigenvalue weighted by Crippen LogP contribution is 2.18. The number of ether oxygens (including phenoxy) is 1.